The fraction of sp³-hybridized carbons (Fsp3) is 0.300. The molecule has 0 bridgehead atoms. The number of carbonyl (C=O) groups is 3. The van der Waals surface area contributed by atoms with Crippen LogP contribution in [0.1, 0.15) is 50.5 Å². The molecule has 1 aromatic heterocycles. The molecule has 0 atom stereocenters. The van der Waals surface area contributed by atoms with Gasteiger partial charge in [0.05, 0.1) is 22.5 Å². The number of aryl methyl sites for hydroxylation is 3. The third kappa shape index (κ3) is 3.93. The van der Waals surface area contributed by atoms with Crippen LogP contribution in [0.4, 0.5) is 5.69 Å². The van der Waals surface area contributed by atoms with Crippen LogP contribution >= 0.6 is 15.9 Å². The van der Waals surface area contributed by atoms with Crippen LogP contribution in [0, 0.1) is 20.8 Å². The first-order valence-corrected chi connectivity index (χ1v) is 9.47. The van der Waals surface area contributed by atoms with E-state index < -0.39 is 0 Å². The van der Waals surface area contributed by atoms with Crippen molar-refractivity contribution in [3.63, 3.8) is 0 Å². The molecule has 0 saturated heterocycles. The third-order valence-corrected chi connectivity index (χ3v) is 5.00. The predicted octanol–water partition coefficient (Wildman–Crippen LogP) is 3.78. The van der Waals surface area contributed by atoms with E-state index in [2.05, 4.69) is 26.2 Å². The summed E-state index contributed by atoms with van der Waals surface area (Å²) in [5.41, 5.74) is 4.16. The van der Waals surface area contributed by atoms with Crippen molar-refractivity contribution in [3.05, 3.63) is 56.8 Å². The molecule has 1 aliphatic rings. The number of benzene rings is 1. The van der Waals surface area contributed by atoms with E-state index in [1.54, 1.807) is 18.2 Å². The summed E-state index contributed by atoms with van der Waals surface area (Å²) >= 11 is 3.31. The topological polar surface area (TPSA) is 79.4 Å². The Kier molecular flexibility index (Phi) is 5.41. The Morgan fingerprint density at radius 2 is 1.81 bits per heavy atom. The molecule has 2 aromatic rings. The van der Waals surface area contributed by atoms with Gasteiger partial charge < -0.3 is 5.32 Å². The Labute approximate surface area is 166 Å². The molecule has 0 saturated carbocycles. The van der Waals surface area contributed by atoms with Gasteiger partial charge in [-0.05, 0) is 57.0 Å². The van der Waals surface area contributed by atoms with Gasteiger partial charge >= 0.3 is 0 Å². The molecule has 6 nitrogen and oxygen atoms in total. The number of fused-ring (bicyclic) bond motifs is 1. The van der Waals surface area contributed by atoms with E-state index in [1.807, 2.05) is 26.8 Å². The van der Waals surface area contributed by atoms with Crippen LogP contribution in [0.15, 0.2) is 28.7 Å². The number of hydrogen-bond acceptors (Lipinski definition) is 4. The predicted molar refractivity (Wildman–Crippen MR) is 106 cm³/mol. The Hall–Kier alpha value is -2.54. The summed E-state index contributed by atoms with van der Waals surface area (Å²) in [6.45, 7) is 5.90. The van der Waals surface area contributed by atoms with Gasteiger partial charge in [0.2, 0.25) is 5.91 Å². The van der Waals surface area contributed by atoms with Crippen molar-refractivity contribution < 1.29 is 14.4 Å². The lowest BCUT2D eigenvalue weighted by Gasteiger charge is -2.14. The van der Waals surface area contributed by atoms with Crippen molar-refractivity contribution in [2.45, 2.75) is 33.6 Å². The third-order valence-electron chi connectivity index (χ3n) is 4.51. The number of imide groups is 1. The average Bonchev–Trinajstić information content (AvgIpc) is 2.82. The van der Waals surface area contributed by atoms with Crippen LogP contribution in [0.25, 0.3) is 0 Å². The van der Waals surface area contributed by atoms with Gasteiger partial charge in [0.1, 0.15) is 0 Å². The van der Waals surface area contributed by atoms with E-state index in [9.17, 15) is 14.4 Å². The fourth-order valence-electron chi connectivity index (χ4n) is 3.28. The molecule has 0 spiro atoms. The quantitative estimate of drug-likeness (QED) is 0.733. The first-order valence-electron chi connectivity index (χ1n) is 8.68. The van der Waals surface area contributed by atoms with Gasteiger partial charge in [0.15, 0.2) is 0 Å². The smallest absolute Gasteiger partial charge is 0.261 e. The number of hydrogen-bond donors (Lipinski definition) is 1. The number of aromatic nitrogens is 1. The largest absolute Gasteiger partial charge is 0.324 e. The highest BCUT2D eigenvalue weighted by Gasteiger charge is 2.35. The highest BCUT2D eigenvalue weighted by Crippen LogP contribution is 2.26. The second kappa shape index (κ2) is 7.60. The summed E-state index contributed by atoms with van der Waals surface area (Å²) in [5, 5.41) is 2.88. The molecule has 3 rings (SSSR count). The molecule has 7 heteroatoms. The molecule has 0 aliphatic carbocycles. The number of nitrogens with one attached hydrogen (secondary N) is 1. The maximum absolute atomic E-state index is 12.4. The van der Waals surface area contributed by atoms with Crippen LogP contribution in [-0.2, 0) is 4.79 Å². The van der Waals surface area contributed by atoms with E-state index in [4.69, 9.17) is 0 Å². The molecule has 1 N–H and O–H groups in total. The highest BCUT2D eigenvalue weighted by atomic mass is 79.9. The van der Waals surface area contributed by atoms with Crippen molar-refractivity contribution in [1.82, 2.24) is 9.88 Å². The Bertz CT molecular complexity index is 932. The summed E-state index contributed by atoms with van der Waals surface area (Å²) in [6, 6.07) is 6.95. The molecule has 0 radical (unpaired) electrons. The SMILES string of the molecule is Cc1cc(C)c(NC(=O)CCCN2C(=O)c3ccc(Br)cc3C2=O)c(C)n1. The van der Waals surface area contributed by atoms with Crippen LogP contribution in [0.3, 0.4) is 0 Å². The number of anilines is 1. The number of halogens is 1. The maximum atomic E-state index is 12.4. The molecule has 3 amide bonds. The summed E-state index contributed by atoms with van der Waals surface area (Å²) in [7, 11) is 0. The first kappa shape index (κ1) is 19.2. The Morgan fingerprint density at radius 1 is 1.11 bits per heavy atom. The first-order chi connectivity index (χ1) is 12.8. The molecule has 1 aliphatic heterocycles. The van der Waals surface area contributed by atoms with Crippen molar-refractivity contribution in [2.75, 3.05) is 11.9 Å². The fourth-order valence-corrected chi connectivity index (χ4v) is 3.64. The Balaban J connectivity index is 1.58. The lowest BCUT2D eigenvalue weighted by Crippen LogP contribution is -2.31. The number of rotatable bonds is 5. The van der Waals surface area contributed by atoms with E-state index in [-0.39, 0.29) is 30.7 Å². The monoisotopic (exact) mass is 429 g/mol. The summed E-state index contributed by atoms with van der Waals surface area (Å²) in [6.07, 6.45) is 0.611. The van der Waals surface area contributed by atoms with E-state index in [0.29, 0.717) is 17.5 Å². The second-order valence-corrected chi connectivity index (χ2v) is 7.56. The molecular weight excluding hydrogens is 410 g/mol. The molecule has 27 heavy (non-hydrogen) atoms. The van der Waals surface area contributed by atoms with Gasteiger partial charge in [-0.2, -0.15) is 0 Å². The zero-order valence-electron chi connectivity index (χ0n) is 15.4. The molecular formula is C20H20BrN3O3. The van der Waals surface area contributed by atoms with Crippen LogP contribution in [-0.4, -0.2) is 34.2 Å². The van der Waals surface area contributed by atoms with Crippen molar-refractivity contribution in [2.24, 2.45) is 0 Å². The minimum absolute atomic E-state index is 0.161. The van der Waals surface area contributed by atoms with Gasteiger partial charge in [-0.25, -0.2) is 0 Å². The van der Waals surface area contributed by atoms with Crippen LogP contribution in [0.2, 0.25) is 0 Å². The van der Waals surface area contributed by atoms with E-state index in [0.717, 1.165) is 27.1 Å². The van der Waals surface area contributed by atoms with Crippen LogP contribution < -0.4 is 5.32 Å². The minimum Gasteiger partial charge on any atom is -0.324 e. The van der Waals surface area contributed by atoms with E-state index >= 15 is 0 Å². The molecule has 2 heterocycles. The van der Waals surface area contributed by atoms with Crippen molar-refractivity contribution >= 4 is 39.3 Å². The van der Waals surface area contributed by atoms with Crippen LogP contribution in [0.5, 0.6) is 0 Å². The number of amides is 3. The molecule has 0 unspecified atom stereocenters. The second-order valence-electron chi connectivity index (χ2n) is 6.64. The van der Waals surface area contributed by atoms with Crippen molar-refractivity contribution in [1.29, 1.82) is 0 Å². The Morgan fingerprint density at radius 3 is 2.52 bits per heavy atom. The van der Waals surface area contributed by atoms with Gasteiger partial charge in [0, 0.05) is 23.1 Å². The summed E-state index contributed by atoms with van der Waals surface area (Å²) < 4.78 is 0.751. The normalized spacial score (nSPS) is 13.1. The van der Waals surface area contributed by atoms with Gasteiger partial charge in [0.25, 0.3) is 11.8 Å². The number of carbonyl (C=O) groups excluding carboxylic acids is 3. The van der Waals surface area contributed by atoms with Gasteiger partial charge in [-0.3, -0.25) is 24.3 Å². The summed E-state index contributed by atoms with van der Waals surface area (Å²) in [4.78, 5) is 42.6. The molecule has 140 valence electrons. The average molecular weight is 430 g/mol. The lowest BCUT2D eigenvalue weighted by molar-refractivity contribution is -0.116. The highest BCUT2D eigenvalue weighted by molar-refractivity contribution is 9.10. The number of nitrogens with zero attached hydrogens (tertiary/aromatic N) is 2. The summed E-state index contributed by atoms with van der Waals surface area (Å²) in [5.74, 6) is -0.783. The number of pyridine rings is 1. The molecule has 1 aromatic carbocycles. The zero-order chi connectivity index (χ0) is 19.7. The van der Waals surface area contributed by atoms with Crippen molar-refractivity contribution in [3.8, 4) is 0 Å². The standard InChI is InChI=1S/C20H20BrN3O3/c1-11-9-12(2)22-13(3)18(11)23-17(25)5-4-8-24-19(26)15-7-6-14(21)10-16(15)20(24)27/h6-7,9-10H,4-5,8H2,1-3H3,(H,23,25). The maximum Gasteiger partial charge on any atom is 0.261 e. The zero-order valence-corrected chi connectivity index (χ0v) is 17.0. The molecule has 0 fully saturated rings. The van der Waals surface area contributed by atoms with Gasteiger partial charge in [-0.15, -0.1) is 0 Å². The lowest BCUT2D eigenvalue weighted by atomic mass is 10.1. The minimum atomic E-state index is -0.314. The van der Waals surface area contributed by atoms with Gasteiger partial charge in [-0.1, -0.05) is 15.9 Å². The van der Waals surface area contributed by atoms with E-state index in [1.165, 1.54) is 4.90 Å².